The van der Waals surface area contributed by atoms with Crippen LogP contribution in [-0.4, -0.2) is 22.2 Å². The summed E-state index contributed by atoms with van der Waals surface area (Å²) in [6, 6.07) is 0. The van der Waals surface area contributed by atoms with Gasteiger partial charge >= 0.3 is 6.09 Å². The van der Waals surface area contributed by atoms with Gasteiger partial charge in [0.25, 0.3) is 0 Å². The molecule has 0 saturated carbocycles. The molecule has 0 fully saturated rings. The molecule has 0 saturated heterocycles. The Bertz CT molecular complexity index is 154. The fourth-order valence-electron chi connectivity index (χ4n) is 0.550. The van der Waals surface area contributed by atoms with Gasteiger partial charge in [0.2, 0.25) is 0 Å². The zero-order valence-electron chi connectivity index (χ0n) is 7.98. The molecule has 0 aliphatic heterocycles. The molecule has 0 spiro atoms. The lowest BCUT2D eigenvalue weighted by atomic mass is 10.1. The van der Waals surface area contributed by atoms with Gasteiger partial charge in [-0.25, -0.2) is 4.79 Å². The average Bonchev–Trinajstić information content (AvgIpc) is 1.82. The van der Waals surface area contributed by atoms with E-state index in [1.54, 1.807) is 0 Å². The van der Waals surface area contributed by atoms with Crippen molar-refractivity contribution in [3.05, 3.63) is 0 Å². The standard InChI is InChI=1S/C8H16INO2/c1-6(5-9)12-7(11)10-8(2,3)4/h6H,5H2,1-4H3,(H,10,11)/t6-/m0/s1. The number of alkyl carbamates (subject to hydrolysis) is 1. The van der Waals surface area contributed by atoms with E-state index in [4.69, 9.17) is 4.74 Å². The minimum atomic E-state index is -0.341. The van der Waals surface area contributed by atoms with Crippen LogP contribution in [0.1, 0.15) is 27.7 Å². The Hall–Kier alpha value is 0. The molecule has 1 N–H and O–H groups in total. The van der Waals surface area contributed by atoms with E-state index in [9.17, 15) is 4.79 Å². The summed E-state index contributed by atoms with van der Waals surface area (Å²) in [6.07, 6.45) is -0.361. The summed E-state index contributed by atoms with van der Waals surface area (Å²) in [5, 5.41) is 2.72. The summed E-state index contributed by atoms with van der Waals surface area (Å²) in [5.74, 6) is 0. The number of amides is 1. The predicted molar refractivity (Wildman–Crippen MR) is 57.7 cm³/mol. The lowest BCUT2D eigenvalue weighted by molar-refractivity contribution is 0.111. The number of ether oxygens (including phenoxy) is 1. The average molecular weight is 285 g/mol. The molecule has 0 aliphatic carbocycles. The van der Waals surface area contributed by atoms with Gasteiger partial charge in [-0.1, -0.05) is 22.6 Å². The molecule has 0 aliphatic rings. The van der Waals surface area contributed by atoms with Gasteiger partial charge in [0.15, 0.2) is 0 Å². The van der Waals surface area contributed by atoms with Crippen LogP contribution in [0.5, 0.6) is 0 Å². The smallest absolute Gasteiger partial charge is 0.407 e. The Morgan fingerprint density at radius 1 is 1.58 bits per heavy atom. The van der Waals surface area contributed by atoms with Gasteiger partial charge in [-0.3, -0.25) is 0 Å². The van der Waals surface area contributed by atoms with E-state index in [2.05, 4.69) is 27.9 Å². The first-order valence-electron chi connectivity index (χ1n) is 3.90. The summed E-state index contributed by atoms with van der Waals surface area (Å²) >= 11 is 2.18. The highest BCUT2D eigenvalue weighted by Crippen LogP contribution is 2.02. The second kappa shape index (κ2) is 4.89. The van der Waals surface area contributed by atoms with Crippen LogP contribution in [0.25, 0.3) is 0 Å². The topological polar surface area (TPSA) is 38.3 Å². The first-order chi connectivity index (χ1) is 5.35. The minimum absolute atomic E-state index is 0.0204. The summed E-state index contributed by atoms with van der Waals surface area (Å²) < 4.78 is 5.83. The van der Waals surface area contributed by atoms with Crippen LogP contribution < -0.4 is 5.32 Å². The molecule has 0 radical (unpaired) electrons. The normalized spacial score (nSPS) is 13.8. The number of rotatable bonds is 2. The molecule has 3 nitrogen and oxygen atoms in total. The number of carbonyl (C=O) groups is 1. The molecule has 72 valence electrons. The molecule has 0 aromatic heterocycles. The van der Waals surface area contributed by atoms with Crippen LogP contribution in [0.3, 0.4) is 0 Å². The first-order valence-corrected chi connectivity index (χ1v) is 5.42. The maximum atomic E-state index is 11.1. The van der Waals surface area contributed by atoms with Crippen molar-refractivity contribution >= 4 is 28.7 Å². The molecule has 0 unspecified atom stereocenters. The molecule has 0 heterocycles. The Morgan fingerprint density at radius 2 is 2.08 bits per heavy atom. The maximum absolute atomic E-state index is 11.1. The lowest BCUT2D eigenvalue weighted by Crippen LogP contribution is -2.42. The number of alkyl halides is 1. The molecule has 1 amide bonds. The van der Waals surface area contributed by atoms with E-state index in [-0.39, 0.29) is 17.7 Å². The van der Waals surface area contributed by atoms with Crippen molar-refractivity contribution in [3.63, 3.8) is 0 Å². The molecule has 0 bridgehead atoms. The maximum Gasteiger partial charge on any atom is 0.407 e. The number of halogens is 1. The second-order valence-electron chi connectivity index (χ2n) is 3.75. The van der Waals surface area contributed by atoms with Gasteiger partial charge in [-0.2, -0.15) is 0 Å². The summed E-state index contributed by atoms with van der Waals surface area (Å²) in [7, 11) is 0. The molecule has 0 aromatic rings. The third-order valence-electron chi connectivity index (χ3n) is 1.00. The van der Waals surface area contributed by atoms with Crippen LogP contribution in [-0.2, 0) is 4.74 Å². The van der Waals surface area contributed by atoms with Gasteiger partial charge in [0.05, 0.1) is 0 Å². The number of nitrogens with one attached hydrogen (secondary N) is 1. The monoisotopic (exact) mass is 285 g/mol. The van der Waals surface area contributed by atoms with E-state index >= 15 is 0 Å². The molecule has 0 aromatic carbocycles. The van der Waals surface area contributed by atoms with Gasteiger partial charge in [-0.05, 0) is 27.7 Å². The van der Waals surface area contributed by atoms with E-state index in [1.807, 2.05) is 27.7 Å². The van der Waals surface area contributed by atoms with Crippen molar-refractivity contribution < 1.29 is 9.53 Å². The number of hydrogen-bond acceptors (Lipinski definition) is 2. The van der Waals surface area contributed by atoms with Crippen molar-refractivity contribution in [1.29, 1.82) is 0 Å². The molecular formula is C8H16INO2. The van der Waals surface area contributed by atoms with Gasteiger partial charge in [0.1, 0.15) is 6.10 Å². The molecular weight excluding hydrogens is 269 g/mol. The highest BCUT2D eigenvalue weighted by molar-refractivity contribution is 14.1. The fraction of sp³-hybridized carbons (Fsp3) is 0.875. The first kappa shape index (κ1) is 12.0. The molecule has 0 rings (SSSR count). The molecule has 12 heavy (non-hydrogen) atoms. The third kappa shape index (κ3) is 6.69. The van der Waals surface area contributed by atoms with Crippen molar-refractivity contribution in [2.24, 2.45) is 0 Å². The predicted octanol–water partition coefficient (Wildman–Crippen LogP) is 2.33. The lowest BCUT2D eigenvalue weighted by Gasteiger charge is -2.21. The zero-order chi connectivity index (χ0) is 9.78. The Balaban J connectivity index is 3.75. The van der Waals surface area contributed by atoms with Crippen molar-refractivity contribution in [2.45, 2.75) is 39.3 Å². The highest BCUT2D eigenvalue weighted by Gasteiger charge is 2.15. The second-order valence-corrected chi connectivity index (χ2v) is 4.63. The Kier molecular flexibility index (Phi) is 4.89. The minimum Gasteiger partial charge on any atom is -0.446 e. The van der Waals surface area contributed by atoms with E-state index in [0.717, 1.165) is 4.43 Å². The number of hydrogen-bond donors (Lipinski definition) is 1. The Labute approximate surface area is 87.4 Å². The van der Waals surface area contributed by atoms with Crippen molar-refractivity contribution in [2.75, 3.05) is 4.43 Å². The van der Waals surface area contributed by atoms with Crippen LogP contribution in [0, 0.1) is 0 Å². The SMILES string of the molecule is C[C@@H](CI)OC(=O)NC(C)(C)C. The van der Waals surface area contributed by atoms with Crippen LogP contribution in [0.2, 0.25) is 0 Å². The molecule has 1 atom stereocenters. The highest BCUT2D eigenvalue weighted by atomic mass is 127. The fourth-order valence-corrected chi connectivity index (χ4v) is 0.730. The zero-order valence-corrected chi connectivity index (χ0v) is 10.1. The van der Waals surface area contributed by atoms with Gasteiger partial charge < -0.3 is 10.1 Å². The summed E-state index contributed by atoms with van der Waals surface area (Å²) in [5.41, 5.74) is -0.220. The quantitative estimate of drug-likeness (QED) is 0.624. The Morgan fingerprint density at radius 3 is 2.42 bits per heavy atom. The number of carbonyl (C=O) groups excluding carboxylic acids is 1. The van der Waals surface area contributed by atoms with Crippen LogP contribution in [0.4, 0.5) is 4.79 Å². The van der Waals surface area contributed by atoms with Gasteiger partial charge in [0, 0.05) is 9.97 Å². The van der Waals surface area contributed by atoms with Crippen molar-refractivity contribution in [3.8, 4) is 0 Å². The van der Waals surface area contributed by atoms with E-state index < -0.39 is 0 Å². The van der Waals surface area contributed by atoms with E-state index in [1.165, 1.54) is 0 Å². The molecule has 4 heteroatoms. The van der Waals surface area contributed by atoms with E-state index in [0.29, 0.717) is 0 Å². The van der Waals surface area contributed by atoms with Gasteiger partial charge in [-0.15, -0.1) is 0 Å². The third-order valence-corrected chi connectivity index (χ3v) is 2.24. The summed E-state index contributed by atoms with van der Waals surface area (Å²) in [4.78, 5) is 11.1. The largest absolute Gasteiger partial charge is 0.446 e. The van der Waals surface area contributed by atoms with Crippen molar-refractivity contribution in [1.82, 2.24) is 5.32 Å². The summed E-state index contributed by atoms with van der Waals surface area (Å²) in [6.45, 7) is 7.63. The van der Waals surface area contributed by atoms with Crippen LogP contribution in [0.15, 0.2) is 0 Å². The van der Waals surface area contributed by atoms with Crippen LogP contribution >= 0.6 is 22.6 Å².